The Balaban J connectivity index is 1.57. The average molecular weight is 485 g/mol. The minimum atomic E-state index is -0.496. The molecule has 1 aromatic heterocycles. The van der Waals surface area contributed by atoms with E-state index < -0.39 is 10.8 Å². The predicted octanol–water partition coefficient (Wildman–Crippen LogP) is 6.38. The summed E-state index contributed by atoms with van der Waals surface area (Å²) in [5.41, 5.74) is 5.85. The SMILES string of the molecule is CCCCCOc1ccc(/C=N\NC(=O)c2[nH]c3c([N+](=O)[O-])cc(C)cc3c2-c2ccccc2)cc1. The second kappa shape index (κ2) is 11.3. The number of nitrogens with one attached hydrogen (secondary N) is 2. The van der Waals surface area contributed by atoms with E-state index in [1.165, 1.54) is 12.3 Å². The van der Waals surface area contributed by atoms with Crippen molar-refractivity contribution in [1.29, 1.82) is 0 Å². The number of hydrogen-bond acceptors (Lipinski definition) is 5. The number of carbonyl (C=O) groups is 1. The number of hydrazone groups is 1. The van der Waals surface area contributed by atoms with Gasteiger partial charge in [0.05, 0.1) is 17.7 Å². The Morgan fingerprint density at radius 2 is 1.86 bits per heavy atom. The molecule has 0 atom stereocenters. The summed E-state index contributed by atoms with van der Waals surface area (Å²) in [4.78, 5) is 27.4. The van der Waals surface area contributed by atoms with E-state index in [1.807, 2.05) is 60.7 Å². The third-order valence-corrected chi connectivity index (χ3v) is 5.79. The summed E-state index contributed by atoms with van der Waals surface area (Å²) < 4.78 is 5.72. The van der Waals surface area contributed by atoms with Crippen LogP contribution in [0.15, 0.2) is 71.8 Å². The number of fused-ring (bicyclic) bond motifs is 1. The van der Waals surface area contributed by atoms with Crippen molar-refractivity contribution in [3.63, 3.8) is 0 Å². The number of rotatable bonds is 10. The number of nitrogens with zero attached hydrogens (tertiary/aromatic N) is 2. The molecule has 3 aromatic carbocycles. The number of nitro groups is 1. The minimum Gasteiger partial charge on any atom is -0.494 e. The zero-order valence-electron chi connectivity index (χ0n) is 20.3. The summed E-state index contributed by atoms with van der Waals surface area (Å²) in [5, 5.41) is 16.4. The molecule has 0 aliphatic carbocycles. The molecule has 1 heterocycles. The van der Waals surface area contributed by atoms with Crippen molar-refractivity contribution in [3.8, 4) is 16.9 Å². The zero-order chi connectivity index (χ0) is 25.5. The summed E-state index contributed by atoms with van der Waals surface area (Å²) in [6.07, 6.45) is 4.84. The zero-order valence-corrected chi connectivity index (χ0v) is 20.3. The largest absolute Gasteiger partial charge is 0.494 e. The molecule has 36 heavy (non-hydrogen) atoms. The summed E-state index contributed by atoms with van der Waals surface area (Å²) in [6.45, 7) is 4.63. The smallest absolute Gasteiger partial charge is 0.293 e. The van der Waals surface area contributed by atoms with Crippen molar-refractivity contribution in [2.45, 2.75) is 33.1 Å². The monoisotopic (exact) mass is 484 g/mol. The highest BCUT2D eigenvalue weighted by Gasteiger charge is 2.24. The lowest BCUT2D eigenvalue weighted by molar-refractivity contribution is -0.383. The molecule has 1 amide bonds. The van der Waals surface area contributed by atoms with Gasteiger partial charge in [0.25, 0.3) is 11.6 Å². The average Bonchev–Trinajstić information content (AvgIpc) is 3.26. The highest BCUT2D eigenvalue weighted by molar-refractivity contribution is 6.11. The lowest BCUT2D eigenvalue weighted by atomic mass is 10.00. The van der Waals surface area contributed by atoms with E-state index in [0.717, 1.165) is 41.7 Å². The van der Waals surface area contributed by atoms with Crippen LogP contribution >= 0.6 is 0 Å². The number of nitro benzene ring substituents is 1. The van der Waals surface area contributed by atoms with Crippen LogP contribution in [0.4, 0.5) is 5.69 Å². The molecule has 0 aliphatic heterocycles. The molecule has 2 N–H and O–H groups in total. The second-order valence-electron chi connectivity index (χ2n) is 8.53. The summed E-state index contributed by atoms with van der Waals surface area (Å²) in [7, 11) is 0. The van der Waals surface area contributed by atoms with Crippen LogP contribution in [0.2, 0.25) is 0 Å². The van der Waals surface area contributed by atoms with Gasteiger partial charge in [0.2, 0.25) is 0 Å². The van der Waals surface area contributed by atoms with Gasteiger partial charge in [0, 0.05) is 17.0 Å². The van der Waals surface area contributed by atoms with Crippen LogP contribution in [0.25, 0.3) is 22.0 Å². The maximum Gasteiger partial charge on any atom is 0.293 e. The maximum atomic E-state index is 13.1. The molecule has 8 nitrogen and oxygen atoms in total. The first-order valence-corrected chi connectivity index (χ1v) is 11.9. The Morgan fingerprint density at radius 1 is 1.11 bits per heavy atom. The van der Waals surface area contributed by atoms with E-state index in [0.29, 0.717) is 23.1 Å². The first-order chi connectivity index (χ1) is 17.5. The van der Waals surface area contributed by atoms with Gasteiger partial charge in [0.1, 0.15) is 17.0 Å². The number of aryl methyl sites for hydroxylation is 1. The number of carbonyl (C=O) groups excluding carboxylic acids is 1. The van der Waals surface area contributed by atoms with E-state index in [2.05, 4.69) is 22.4 Å². The predicted molar refractivity (Wildman–Crippen MR) is 142 cm³/mol. The molecule has 8 heteroatoms. The van der Waals surface area contributed by atoms with Crippen molar-refractivity contribution in [2.75, 3.05) is 6.61 Å². The van der Waals surface area contributed by atoms with E-state index in [4.69, 9.17) is 4.74 Å². The lowest BCUT2D eigenvalue weighted by Crippen LogP contribution is -2.18. The number of aromatic amines is 1. The number of unbranched alkanes of at least 4 members (excludes halogenated alkanes) is 2. The normalized spacial score (nSPS) is 11.2. The Bertz CT molecular complexity index is 1390. The van der Waals surface area contributed by atoms with Crippen LogP contribution in [0.5, 0.6) is 5.75 Å². The summed E-state index contributed by atoms with van der Waals surface area (Å²) >= 11 is 0. The third kappa shape index (κ3) is 5.60. The third-order valence-electron chi connectivity index (χ3n) is 5.79. The second-order valence-corrected chi connectivity index (χ2v) is 8.53. The standard InChI is InChI=1S/C28H28N4O4/c1-3-4-8-15-36-22-13-11-20(12-14-22)18-29-31-28(33)27-25(21-9-6-5-7-10-21)23-16-19(2)17-24(32(34)35)26(23)30-27/h5-7,9-14,16-18,30H,3-4,8,15H2,1-2H3,(H,31,33)/b29-18-. The topological polar surface area (TPSA) is 110 Å². The highest BCUT2D eigenvalue weighted by Crippen LogP contribution is 2.37. The molecule has 0 aliphatic rings. The number of amides is 1. The van der Waals surface area contributed by atoms with Gasteiger partial charge >= 0.3 is 0 Å². The first kappa shape index (κ1) is 24.7. The molecule has 4 rings (SSSR count). The number of H-pyrrole nitrogens is 1. The maximum absolute atomic E-state index is 13.1. The Morgan fingerprint density at radius 3 is 2.56 bits per heavy atom. The molecular formula is C28H28N4O4. The van der Waals surface area contributed by atoms with Gasteiger partial charge in [-0.15, -0.1) is 0 Å². The Kier molecular flexibility index (Phi) is 7.75. The number of non-ortho nitro benzene ring substituents is 1. The number of hydrogen-bond donors (Lipinski definition) is 2. The fraction of sp³-hybridized carbons (Fsp3) is 0.214. The van der Waals surface area contributed by atoms with Gasteiger partial charge in [-0.2, -0.15) is 5.10 Å². The van der Waals surface area contributed by atoms with Gasteiger partial charge in [-0.25, -0.2) is 5.43 Å². The minimum absolute atomic E-state index is 0.0817. The van der Waals surface area contributed by atoms with Crippen LogP contribution in [0, 0.1) is 17.0 Å². The van der Waals surface area contributed by atoms with Crippen LogP contribution < -0.4 is 10.2 Å². The Labute approximate surface area is 209 Å². The number of ether oxygens (including phenoxy) is 1. The summed E-state index contributed by atoms with van der Waals surface area (Å²) in [5.74, 6) is 0.291. The molecule has 0 bridgehead atoms. The Hall–Kier alpha value is -4.46. The molecule has 0 saturated heterocycles. The van der Waals surface area contributed by atoms with Gasteiger partial charge in [-0.05, 0) is 60.4 Å². The first-order valence-electron chi connectivity index (χ1n) is 11.9. The van der Waals surface area contributed by atoms with Crippen LogP contribution in [0.1, 0.15) is 47.8 Å². The molecule has 0 spiro atoms. The molecule has 0 saturated carbocycles. The molecule has 0 fully saturated rings. The van der Waals surface area contributed by atoms with E-state index >= 15 is 0 Å². The van der Waals surface area contributed by atoms with Crippen LogP contribution in [0.3, 0.4) is 0 Å². The van der Waals surface area contributed by atoms with Gasteiger partial charge in [0.15, 0.2) is 0 Å². The fourth-order valence-electron chi connectivity index (χ4n) is 4.05. The highest BCUT2D eigenvalue weighted by atomic mass is 16.6. The van der Waals surface area contributed by atoms with Crippen molar-refractivity contribution in [2.24, 2.45) is 5.10 Å². The quantitative estimate of drug-likeness (QED) is 0.118. The van der Waals surface area contributed by atoms with Crippen molar-refractivity contribution >= 4 is 28.7 Å². The molecule has 184 valence electrons. The van der Waals surface area contributed by atoms with E-state index in [9.17, 15) is 14.9 Å². The molecule has 4 aromatic rings. The molecule has 0 unspecified atom stereocenters. The van der Waals surface area contributed by atoms with Crippen molar-refractivity contribution in [1.82, 2.24) is 10.4 Å². The van der Waals surface area contributed by atoms with Crippen molar-refractivity contribution < 1.29 is 14.5 Å². The van der Waals surface area contributed by atoms with Gasteiger partial charge in [-0.3, -0.25) is 14.9 Å². The van der Waals surface area contributed by atoms with E-state index in [-0.39, 0.29) is 11.4 Å². The van der Waals surface area contributed by atoms with E-state index in [1.54, 1.807) is 6.92 Å². The number of benzene rings is 3. The van der Waals surface area contributed by atoms with Crippen molar-refractivity contribution in [3.05, 3.63) is 93.7 Å². The molecular weight excluding hydrogens is 456 g/mol. The molecule has 0 radical (unpaired) electrons. The van der Waals surface area contributed by atoms with Crippen LogP contribution in [-0.2, 0) is 0 Å². The van der Waals surface area contributed by atoms with Gasteiger partial charge in [-0.1, -0.05) is 50.1 Å². The van der Waals surface area contributed by atoms with Crippen LogP contribution in [-0.4, -0.2) is 28.6 Å². The fourth-order valence-corrected chi connectivity index (χ4v) is 4.05. The van der Waals surface area contributed by atoms with Gasteiger partial charge < -0.3 is 9.72 Å². The number of aromatic nitrogens is 1. The summed E-state index contributed by atoms with van der Waals surface area (Å²) in [6, 6.07) is 20.1. The lowest BCUT2D eigenvalue weighted by Gasteiger charge is -2.06.